The van der Waals surface area contributed by atoms with Gasteiger partial charge in [0.05, 0.1) is 5.56 Å². The van der Waals surface area contributed by atoms with Gasteiger partial charge >= 0.3 is 0 Å². The smallest absolute Gasteiger partial charge is 0.257 e. The van der Waals surface area contributed by atoms with Gasteiger partial charge in [-0.15, -0.1) is 0 Å². The summed E-state index contributed by atoms with van der Waals surface area (Å²) in [5.74, 6) is -0.518. The summed E-state index contributed by atoms with van der Waals surface area (Å²) in [6.07, 6.45) is 1.97. The van der Waals surface area contributed by atoms with Gasteiger partial charge in [-0.25, -0.2) is 4.39 Å². The quantitative estimate of drug-likeness (QED) is 0.907. The second-order valence-electron chi connectivity index (χ2n) is 5.05. The molecule has 2 atom stereocenters. The first-order chi connectivity index (χ1) is 9.04. The van der Waals surface area contributed by atoms with Crippen molar-refractivity contribution in [2.75, 3.05) is 13.1 Å². The number of hydrogen-bond donors (Lipinski definition) is 1. The van der Waals surface area contributed by atoms with Gasteiger partial charge in [-0.05, 0) is 37.0 Å². The van der Waals surface area contributed by atoms with Crippen molar-refractivity contribution >= 4 is 17.5 Å². The summed E-state index contributed by atoms with van der Waals surface area (Å²) in [5, 5.41) is 0.360. The van der Waals surface area contributed by atoms with Crippen LogP contribution in [0.25, 0.3) is 0 Å². The highest BCUT2D eigenvalue weighted by atomic mass is 35.5. The molecule has 1 aliphatic heterocycles. The number of benzene rings is 1. The van der Waals surface area contributed by atoms with E-state index >= 15 is 0 Å². The zero-order chi connectivity index (χ0) is 14.0. The third-order valence-corrected chi connectivity index (χ3v) is 4.01. The molecule has 19 heavy (non-hydrogen) atoms. The molecule has 2 N–H and O–H groups in total. The largest absolute Gasteiger partial charge is 0.334 e. The fourth-order valence-corrected chi connectivity index (χ4v) is 2.85. The molecule has 0 spiro atoms. The second kappa shape index (κ2) is 5.88. The lowest BCUT2D eigenvalue weighted by molar-refractivity contribution is 0.0528. The Morgan fingerprint density at radius 2 is 2.32 bits per heavy atom. The highest BCUT2D eigenvalue weighted by molar-refractivity contribution is 6.31. The van der Waals surface area contributed by atoms with Crippen LogP contribution in [0.1, 0.15) is 30.1 Å². The maximum Gasteiger partial charge on any atom is 0.257 e. The summed E-state index contributed by atoms with van der Waals surface area (Å²) in [6.45, 7) is 3.09. The van der Waals surface area contributed by atoms with Crippen LogP contribution >= 0.6 is 11.6 Å². The molecule has 5 heteroatoms. The summed E-state index contributed by atoms with van der Waals surface area (Å²) in [6, 6.07) is 4.01. The standard InChI is InChI=1S/C14H18ClFN2O/c1-9-3-2-6-18(13(9)8-17)14(19)11-7-10(15)4-5-12(11)16/h4-5,7,9,13H,2-3,6,8,17H2,1H3/t9-,13+/m1/s1. The molecule has 1 saturated heterocycles. The van der Waals surface area contributed by atoms with E-state index in [1.54, 1.807) is 4.90 Å². The summed E-state index contributed by atoms with van der Waals surface area (Å²) < 4.78 is 13.8. The Bertz CT molecular complexity index is 481. The number of carbonyl (C=O) groups excluding carboxylic acids is 1. The molecule has 1 amide bonds. The SMILES string of the molecule is C[C@@H]1CCCN(C(=O)c2cc(Cl)ccc2F)[C@H]1CN. The Balaban J connectivity index is 2.29. The van der Waals surface area contributed by atoms with Crippen molar-refractivity contribution in [3.63, 3.8) is 0 Å². The number of halogens is 2. The molecule has 0 bridgehead atoms. The lowest BCUT2D eigenvalue weighted by Gasteiger charge is -2.39. The number of rotatable bonds is 2. The summed E-state index contributed by atoms with van der Waals surface area (Å²) in [5.41, 5.74) is 5.78. The fraction of sp³-hybridized carbons (Fsp3) is 0.500. The van der Waals surface area contributed by atoms with E-state index in [1.165, 1.54) is 18.2 Å². The molecule has 3 nitrogen and oxygen atoms in total. The molecular formula is C14H18ClFN2O. The van der Waals surface area contributed by atoms with Crippen LogP contribution in [0.4, 0.5) is 4.39 Å². The lowest BCUT2D eigenvalue weighted by Crippen LogP contribution is -2.51. The van der Waals surface area contributed by atoms with Gasteiger partial charge < -0.3 is 10.6 Å². The van der Waals surface area contributed by atoms with E-state index in [1.807, 2.05) is 0 Å². The zero-order valence-corrected chi connectivity index (χ0v) is 11.7. The molecule has 0 radical (unpaired) electrons. The normalized spacial score (nSPS) is 23.5. The van der Waals surface area contributed by atoms with Crippen LogP contribution in [0.15, 0.2) is 18.2 Å². The van der Waals surface area contributed by atoms with E-state index in [4.69, 9.17) is 17.3 Å². The minimum atomic E-state index is -0.539. The Labute approximate surface area is 117 Å². The van der Waals surface area contributed by atoms with Crippen molar-refractivity contribution in [1.82, 2.24) is 4.90 Å². The van der Waals surface area contributed by atoms with Crippen LogP contribution in [-0.4, -0.2) is 29.9 Å². The van der Waals surface area contributed by atoms with Crippen LogP contribution < -0.4 is 5.73 Å². The molecule has 1 fully saturated rings. The topological polar surface area (TPSA) is 46.3 Å². The monoisotopic (exact) mass is 284 g/mol. The number of carbonyl (C=O) groups is 1. The van der Waals surface area contributed by atoms with Gasteiger partial charge in [0.25, 0.3) is 5.91 Å². The second-order valence-corrected chi connectivity index (χ2v) is 5.48. The molecular weight excluding hydrogens is 267 g/mol. The number of nitrogens with zero attached hydrogens (tertiary/aromatic N) is 1. The van der Waals surface area contributed by atoms with Gasteiger partial charge in [0.2, 0.25) is 0 Å². The van der Waals surface area contributed by atoms with E-state index in [-0.39, 0.29) is 17.5 Å². The average Bonchev–Trinajstić information content (AvgIpc) is 2.40. The average molecular weight is 285 g/mol. The predicted molar refractivity (Wildman–Crippen MR) is 73.7 cm³/mol. The summed E-state index contributed by atoms with van der Waals surface area (Å²) in [4.78, 5) is 14.1. The van der Waals surface area contributed by atoms with Crippen molar-refractivity contribution in [1.29, 1.82) is 0 Å². The maximum absolute atomic E-state index is 13.8. The van der Waals surface area contributed by atoms with Crippen molar-refractivity contribution in [3.05, 3.63) is 34.6 Å². The van der Waals surface area contributed by atoms with Gasteiger partial charge in [-0.2, -0.15) is 0 Å². The molecule has 0 aliphatic carbocycles. The molecule has 0 unspecified atom stereocenters. The van der Waals surface area contributed by atoms with Crippen molar-refractivity contribution in [2.24, 2.45) is 11.7 Å². The van der Waals surface area contributed by atoms with Crippen LogP contribution in [0, 0.1) is 11.7 Å². The predicted octanol–water partition coefficient (Wildman–Crippen LogP) is 2.68. The molecule has 1 aromatic carbocycles. The van der Waals surface area contributed by atoms with Crippen LogP contribution in [0.5, 0.6) is 0 Å². The maximum atomic E-state index is 13.8. The minimum absolute atomic E-state index is 0.0278. The molecule has 1 aromatic rings. The Morgan fingerprint density at radius 1 is 1.58 bits per heavy atom. The molecule has 2 rings (SSSR count). The van der Waals surface area contributed by atoms with E-state index in [0.29, 0.717) is 24.0 Å². The number of nitrogens with two attached hydrogens (primary N) is 1. The van der Waals surface area contributed by atoms with E-state index in [2.05, 4.69) is 6.92 Å². The summed E-state index contributed by atoms with van der Waals surface area (Å²) in [7, 11) is 0. The van der Waals surface area contributed by atoms with Gasteiger partial charge in [0, 0.05) is 24.2 Å². The Hall–Kier alpha value is -1.13. The first kappa shape index (κ1) is 14.3. The Kier molecular flexibility index (Phi) is 4.42. The molecule has 1 aliphatic rings. The first-order valence-electron chi connectivity index (χ1n) is 6.50. The first-order valence-corrected chi connectivity index (χ1v) is 6.88. The van der Waals surface area contributed by atoms with Crippen molar-refractivity contribution in [3.8, 4) is 0 Å². The third-order valence-electron chi connectivity index (χ3n) is 3.78. The van der Waals surface area contributed by atoms with Crippen molar-refractivity contribution < 1.29 is 9.18 Å². The fourth-order valence-electron chi connectivity index (χ4n) is 2.68. The Morgan fingerprint density at radius 3 is 3.00 bits per heavy atom. The van der Waals surface area contributed by atoms with Crippen LogP contribution in [-0.2, 0) is 0 Å². The molecule has 104 valence electrons. The van der Waals surface area contributed by atoms with Crippen LogP contribution in [0.2, 0.25) is 5.02 Å². The van der Waals surface area contributed by atoms with Crippen molar-refractivity contribution in [2.45, 2.75) is 25.8 Å². The van der Waals surface area contributed by atoms with Gasteiger partial charge in [0.15, 0.2) is 0 Å². The molecule has 0 saturated carbocycles. The van der Waals surface area contributed by atoms with E-state index < -0.39 is 5.82 Å². The van der Waals surface area contributed by atoms with E-state index in [0.717, 1.165) is 12.8 Å². The van der Waals surface area contributed by atoms with Crippen LogP contribution in [0.3, 0.4) is 0 Å². The van der Waals surface area contributed by atoms with Gasteiger partial charge in [-0.3, -0.25) is 4.79 Å². The van der Waals surface area contributed by atoms with Gasteiger partial charge in [-0.1, -0.05) is 18.5 Å². The summed E-state index contributed by atoms with van der Waals surface area (Å²) >= 11 is 5.84. The molecule has 0 aromatic heterocycles. The highest BCUT2D eigenvalue weighted by Gasteiger charge is 2.32. The number of amides is 1. The zero-order valence-electron chi connectivity index (χ0n) is 10.9. The highest BCUT2D eigenvalue weighted by Crippen LogP contribution is 2.25. The lowest BCUT2D eigenvalue weighted by atomic mass is 9.90. The minimum Gasteiger partial charge on any atom is -0.334 e. The third kappa shape index (κ3) is 2.90. The molecule has 1 heterocycles. The number of likely N-dealkylation sites (tertiary alicyclic amines) is 1. The number of piperidine rings is 1. The number of hydrogen-bond acceptors (Lipinski definition) is 2. The van der Waals surface area contributed by atoms with E-state index in [9.17, 15) is 9.18 Å². The van der Waals surface area contributed by atoms with Gasteiger partial charge in [0.1, 0.15) is 5.82 Å².